The number of imidazole rings is 1. The zero-order chi connectivity index (χ0) is 11.3. The number of aryl methyl sites for hydroxylation is 1. The average Bonchev–Trinajstić information content (AvgIpc) is 2.54. The molecule has 0 saturated heterocycles. The number of carbonyl (C=O) groups is 1. The Balaban J connectivity index is 2.95. The van der Waals surface area contributed by atoms with Crippen LogP contribution in [-0.2, 0) is 13.0 Å². The van der Waals surface area contributed by atoms with Crippen LogP contribution in [0.2, 0.25) is 5.15 Å². The normalized spacial score (nSPS) is 10.6. The first-order chi connectivity index (χ1) is 7.24. The minimum atomic E-state index is 0.371. The largest absolute Gasteiger partial charge is 0.319 e. The number of aromatic nitrogens is 2. The van der Waals surface area contributed by atoms with Gasteiger partial charge in [-0.1, -0.05) is 31.9 Å². The smallest absolute Gasteiger partial charge is 0.171 e. The molecule has 3 nitrogen and oxygen atoms in total. The van der Waals surface area contributed by atoms with Crippen molar-refractivity contribution in [2.24, 2.45) is 0 Å². The molecule has 15 heavy (non-hydrogen) atoms. The van der Waals surface area contributed by atoms with Crippen molar-refractivity contribution in [3.63, 3.8) is 0 Å². The molecule has 84 valence electrons. The summed E-state index contributed by atoms with van der Waals surface area (Å²) in [6, 6.07) is 0. The topological polar surface area (TPSA) is 34.9 Å². The van der Waals surface area contributed by atoms with E-state index in [1.54, 1.807) is 0 Å². The SMILES string of the molecule is CCCCc1nc(C=O)c(Cl)n1CCC. The maximum Gasteiger partial charge on any atom is 0.171 e. The van der Waals surface area contributed by atoms with Crippen LogP contribution in [0, 0.1) is 0 Å². The van der Waals surface area contributed by atoms with Gasteiger partial charge in [-0.3, -0.25) is 4.79 Å². The van der Waals surface area contributed by atoms with Gasteiger partial charge in [-0.15, -0.1) is 0 Å². The summed E-state index contributed by atoms with van der Waals surface area (Å²) < 4.78 is 1.95. The van der Waals surface area contributed by atoms with Crippen LogP contribution in [-0.4, -0.2) is 15.8 Å². The zero-order valence-electron chi connectivity index (χ0n) is 9.29. The molecule has 0 aliphatic rings. The van der Waals surface area contributed by atoms with Crippen molar-refractivity contribution in [1.29, 1.82) is 0 Å². The Kier molecular flexibility index (Phi) is 4.82. The first kappa shape index (κ1) is 12.2. The van der Waals surface area contributed by atoms with Crippen molar-refractivity contribution in [2.75, 3.05) is 0 Å². The van der Waals surface area contributed by atoms with Crippen LogP contribution in [0.15, 0.2) is 0 Å². The molecule has 1 rings (SSSR count). The maximum atomic E-state index is 10.7. The number of hydrogen-bond donors (Lipinski definition) is 0. The van der Waals surface area contributed by atoms with Gasteiger partial charge >= 0.3 is 0 Å². The lowest BCUT2D eigenvalue weighted by Crippen LogP contribution is -2.03. The lowest BCUT2D eigenvalue weighted by molar-refractivity contribution is 0.111. The fourth-order valence-corrected chi connectivity index (χ4v) is 1.82. The summed E-state index contributed by atoms with van der Waals surface area (Å²) in [7, 11) is 0. The summed E-state index contributed by atoms with van der Waals surface area (Å²) in [5.74, 6) is 0.936. The Morgan fingerprint density at radius 3 is 2.67 bits per heavy atom. The van der Waals surface area contributed by atoms with Gasteiger partial charge in [0.25, 0.3) is 0 Å². The number of aldehydes is 1. The van der Waals surface area contributed by atoms with Gasteiger partial charge in [-0.2, -0.15) is 0 Å². The van der Waals surface area contributed by atoms with E-state index in [0.717, 1.165) is 44.3 Å². The van der Waals surface area contributed by atoms with E-state index in [-0.39, 0.29) is 0 Å². The van der Waals surface area contributed by atoms with E-state index in [0.29, 0.717) is 10.8 Å². The molecule has 0 spiro atoms. The molecule has 1 aromatic heterocycles. The fraction of sp³-hybridized carbons (Fsp3) is 0.636. The van der Waals surface area contributed by atoms with E-state index >= 15 is 0 Å². The van der Waals surface area contributed by atoms with Crippen LogP contribution in [0.5, 0.6) is 0 Å². The molecular weight excluding hydrogens is 212 g/mol. The molecule has 0 aliphatic carbocycles. The van der Waals surface area contributed by atoms with Crippen molar-refractivity contribution in [2.45, 2.75) is 46.1 Å². The highest BCUT2D eigenvalue weighted by molar-refractivity contribution is 6.31. The molecule has 0 saturated carbocycles. The van der Waals surface area contributed by atoms with Crippen LogP contribution in [0.1, 0.15) is 49.4 Å². The van der Waals surface area contributed by atoms with E-state index in [1.165, 1.54) is 0 Å². The van der Waals surface area contributed by atoms with Crippen molar-refractivity contribution in [3.8, 4) is 0 Å². The highest BCUT2D eigenvalue weighted by Crippen LogP contribution is 2.18. The molecule has 4 heteroatoms. The van der Waals surface area contributed by atoms with Crippen LogP contribution in [0.3, 0.4) is 0 Å². The third kappa shape index (κ3) is 2.81. The van der Waals surface area contributed by atoms with Gasteiger partial charge < -0.3 is 4.57 Å². The van der Waals surface area contributed by atoms with Crippen molar-refractivity contribution in [1.82, 2.24) is 9.55 Å². The first-order valence-electron chi connectivity index (χ1n) is 5.44. The molecule has 1 aromatic rings. The predicted molar refractivity (Wildman–Crippen MR) is 61.5 cm³/mol. The van der Waals surface area contributed by atoms with Gasteiger partial charge in [0.2, 0.25) is 0 Å². The molecule has 0 atom stereocenters. The lowest BCUT2D eigenvalue weighted by Gasteiger charge is -2.06. The van der Waals surface area contributed by atoms with E-state index in [1.807, 2.05) is 4.57 Å². The van der Waals surface area contributed by atoms with Crippen LogP contribution in [0.25, 0.3) is 0 Å². The van der Waals surface area contributed by atoms with E-state index in [2.05, 4.69) is 18.8 Å². The minimum Gasteiger partial charge on any atom is -0.319 e. The molecule has 0 N–H and O–H groups in total. The molecular formula is C11H17ClN2O. The maximum absolute atomic E-state index is 10.7. The second-order valence-corrected chi connectivity index (χ2v) is 3.94. The Bertz CT molecular complexity index is 334. The van der Waals surface area contributed by atoms with E-state index in [9.17, 15) is 4.79 Å². The summed E-state index contributed by atoms with van der Waals surface area (Å²) in [5.41, 5.74) is 0.371. The number of nitrogens with zero attached hydrogens (tertiary/aromatic N) is 2. The Morgan fingerprint density at radius 2 is 2.13 bits per heavy atom. The van der Waals surface area contributed by atoms with Gasteiger partial charge in [0.15, 0.2) is 6.29 Å². The third-order valence-corrected chi connectivity index (χ3v) is 2.72. The van der Waals surface area contributed by atoms with Gasteiger partial charge in [0, 0.05) is 13.0 Å². The van der Waals surface area contributed by atoms with Crippen molar-refractivity contribution < 1.29 is 4.79 Å². The Morgan fingerprint density at radius 1 is 1.40 bits per heavy atom. The molecule has 0 fully saturated rings. The summed E-state index contributed by atoms with van der Waals surface area (Å²) in [4.78, 5) is 15.0. The number of halogens is 1. The summed E-state index contributed by atoms with van der Waals surface area (Å²) in [6.07, 6.45) is 4.81. The van der Waals surface area contributed by atoms with Gasteiger partial charge in [0.05, 0.1) is 0 Å². The van der Waals surface area contributed by atoms with Crippen LogP contribution >= 0.6 is 11.6 Å². The quantitative estimate of drug-likeness (QED) is 0.702. The summed E-state index contributed by atoms with van der Waals surface area (Å²) >= 11 is 6.06. The number of carbonyl (C=O) groups excluding carboxylic acids is 1. The molecule has 1 heterocycles. The van der Waals surface area contributed by atoms with Gasteiger partial charge in [-0.05, 0) is 12.8 Å². The summed E-state index contributed by atoms with van der Waals surface area (Å²) in [6.45, 7) is 5.05. The summed E-state index contributed by atoms with van der Waals surface area (Å²) in [5, 5.41) is 0.484. The van der Waals surface area contributed by atoms with Crippen molar-refractivity contribution in [3.05, 3.63) is 16.7 Å². The molecule has 0 unspecified atom stereocenters. The monoisotopic (exact) mass is 228 g/mol. The molecule has 0 radical (unpaired) electrons. The fourth-order valence-electron chi connectivity index (χ4n) is 1.55. The van der Waals surface area contributed by atoms with Crippen molar-refractivity contribution >= 4 is 17.9 Å². The first-order valence-corrected chi connectivity index (χ1v) is 5.82. The molecule has 0 aromatic carbocycles. The highest BCUT2D eigenvalue weighted by Gasteiger charge is 2.13. The number of hydrogen-bond acceptors (Lipinski definition) is 2. The molecule has 0 bridgehead atoms. The van der Waals surface area contributed by atoms with E-state index < -0.39 is 0 Å². The predicted octanol–water partition coefficient (Wildman–Crippen LogP) is 3.10. The van der Waals surface area contributed by atoms with Gasteiger partial charge in [-0.25, -0.2) is 4.98 Å². The Labute approximate surface area is 95.5 Å². The standard InChI is InChI=1S/C11H17ClN2O/c1-3-5-6-10-13-9(8-15)11(12)14(10)7-4-2/h8H,3-7H2,1-2H3. The average molecular weight is 229 g/mol. The molecule has 0 aliphatic heterocycles. The Hall–Kier alpha value is -0.830. The second kappa shape index (κ2) is 5.91. The number of rotatable bonds is 6. The van der Waals surface area contributed by atoms with Crippen LogP contribution in [0.4, 0.5) is 0 Å². The second-order valence-electron chi connectivity index (χ2n) is 3.58. The van der Waals surface area contributed by atoms with E-state index in [4.69, 9.17) is 11.6 Å². The molecule has 0 amide bonds. The number of unbranched alkanes of at least 4 members (excludes halogenated alkanes) is 1. The van der Waals surface area contributed by atoms with Crippen LogP contribution < -0.4 is 0 Å². The third-order valence-electron chi connectivity index (χ3n) is 2.32. The van der Waals surface area contributed by atoms with Gasteiger partial charge in [0.1, 0.15) is 16.7 Å². The lowest BCUT2D eigenvalue weighted by atomic mass is 10.2. The highest BCUT2D eigenvalue weighted by atomic mass is 35.5. The zero-order valence-corrected chi connectivity index (χ0v) is 10.0. The minimum absolute atomic E-state index is 0.371.